The van der Waals surface area contributed by atoms with E-state index in [0.29, 0.717) is 0 Å². The SMILES string of the molecule is CN(CC(N)=O)C(=O)c1ccc(CS(=O)(=O)c2ccccc2)o1. The standard InChI is InChI=1S/C15H16N2O5S/c1-17(9-14(16)18)15(19)13-8-7-11(22-13)10-23(20,21)12-5-3-2-4-6-12/h2-8H,9-10H2,1H3,(H2,16,18). The van der Waals surface area contributed by atoms with Gasteiger partial charge in [0.15, 0.2) is 15.6 Å². The van der Waals surface area contributed by atoms with Gasteiger partial charge in [0.1, 0.15) is 11.5 Å². The molecule has 0 spiro atoms. The van der Waals surface area contributed by atoms with Crippen LogP contribution in [0.4, 0.5) is 0 Å². The maximum atomic E-state index is 12.2. The summed E-state index contributed by atoms with van der Waals surface area (Å²) in [4.78, 5) is 24.1. The largest absolute Gasteiger partial charge is 0.455 e. The molecule has 2 rings (SSSR count). The van der Waals surface area contributed by atoms with Crippen molar-refractivity contribution in [3.63, 3.8) is 0 Å². The van der Waals surface area contributed by atoms with Gasteiger partial charge in [0.25, 0.3) is 5.91 Å². The first-order valence-corrected chi connectivity index (χ1v) is 8.35. The summed E-state index contributed by atoms with van der Waals surface area (Å²) >= 11 is 0. The average Bonchev–Trinajstić information content (AvgIpc) is 2.94. The predicted octanol–water partition coefficient (Wildman–Crippen LogP) is 0.811. The van der Waals surface area contributed by atoms with Crippen molar-refractivity contribution >= 4 is 21.7 Å². The lowest BCUT2D eigenvalue weighted by Crippen LogP contribution is -2.35. The van der Waals surface area contributed by atoms with E-state index in [4.69, 9.17) is 10.2 Å². The number of hydrogen-bond acceptors (Lipinski definition) is 5. The van der Waals surface area contributed by atoms with Crippen LogP contribution in [0.15, 0.2) is 51.8 Å². The minimum atomic E-state index is -3.56. The molecule has 0 aliphatic heterocycles. The third kappa shape index (κ3) is 4.19. The smallest absolute Gasteiger partial charge is 0.289 e. The molecule has 2 amide bonds. The third-order valence-electron chi connectivity index (χ3n) is 3.05. The Bertz CT molecular complexity index is 811. The number of benzene rings is 1. The van der Waals surface area contributed by atoms with Crippen LogP contribution in [0.5, 0.6) is 0 Å². The first kappa shape index (κ1) is 16.8. The Kier molecular flexibility index (Phi) is 4.85. The number of furan rings is 1. The number of nitrogens with two attached hydrogens (primary N) is 1. The normalized spacial score (nSPS) is 11.2. The van der Waals surface area contributed by atoms with Crippen molar-refractivity contribution in [1.29, 1.82) is 0 Å². The second kappa shape index (κ2) is 6.66. The molecule has 0 bridgehead atoms. The Morgan fingerprint density at radius 2 is 1.78 bits per heavy atom. The molecular formula is C15H16N2O5S. The van der Waals surface area contributed by atoms with Crippen LogP contribution in [0.3, 0.4) is 0 Å². The van der Waals surface area contributed by atoms with E-state index in [1.165, 1.54) is 31.3 Å². The summed E-state index contributed by atoms with van der Waals surface area (Å²) in [7, 11) is -2.16. The van der Waals surface area contributed by atoms with Gasteiger partial charge in [-0.1, -0.05) is 18.2 Å². The Morgan fingerprint density at radius 3 is 2.39 bits per heavy atom. The van der Waals surface area contributed by atoms with Crippen LogP contribution in [0.1, 0.15) is 16.3 Å². The highest BCUT2D eigenvalue weighted by molar-refractivity contribution is 7.90. The predicted molar refractivity (Wildman–Crippen MR) is 82.2 cm³/mol. The molecule has 1 aromatic heterocycles. The number of likely N-dealkylation sites (N-methyl/N-ethyl adjacent to an activating group) is 1. The lowest BCUT2D eigenvalue weighted by molar-refractivity contribution is -0.118. The highest BCUT2D eigenvalue weighted by Gasteiger charge is 2.21. The fraction of sp³-hybridized carbons (Fsp3) is 0.200. The van der Waals surface area contributed by atoms with Crippen molar-refractivity contribution in [3.8, 4) is 0 Å². The van der Waals surface area contributed by atoms with Crippen molar-refractivity contribution < 1.29 is 22.4 Å². The van der Waals surface area contributed by atoms with E-state index in [1.807, 2.05) is 0 Å². The number of amides is 2. The lowest BCUT2D eigenvalue weighted by Gasteiger charge is -2.12. The van der Waals surface area contributed by atoms with E-state index in [2.05, 4.69) is 0 Å². The van der Waals surface area contributed by atoms with Gasteiger partial charge in [0.05, 0.1) is 11.4 Å². The zero-order valence-electron chi connectivity index (χ0n) is 12.4. The summed E-state index contributed by atoms with van der Waals surface area (Å²) in [5.41, 5.74) is 5.02. The van der Waals surface area contributed by atoms with Gasteiger partial charge in [-0.3, -0.25) is 9.59 Å². The summed E-state index contributed by atoms with van der Waals surface area (Å²) < 4.78 is 29.8. The molecule has 8 heteroatoms. The number of carbonyl (C=O) groups excluding carboxylic acids is 2. The number of carbonyl (C=O) groups is 2. The van der Waals surface area contributed by atoms with Gasteiger partial charge in [-0.15, -0.1) is 0 Å². The Hall–Kier alpha value is -2.61. The number of sulfone groups is 1. The molecule has 0 aliphatic carbocycles. The molecule has 0 saturated carbocycles. The van der Waals surface area contributed by atoms with Crippen molar-refractivity contribution in [2.75, 3.05) is 13.6 Å². The van der Waals surface area contributed by atoms with Crippen LogP contribution in [-0.4, -0.2) is 38.7 Å². The van der Waals surface area contributed by atoms with E-state index in [1.54, 1.807) is 18.2 Å². The molecule has 122 valence electrons. The zero-order valence-corrected chi connectivity index (χ0v) is 13.2. The molecule has 1 heterocycles. The van der Waals surface area contributed by atoms with E-state index in [9.17, 15) is 18.0 Å². The van der Waals surface area contributed by atoms with Crippen LogP contribution < -0.4 is 5.73 Å². The molecular weight excluding hydrogens is 320 g/mol. The van der Waals surface area contributed by atoms with E-state index in [-0.39, 0.29) is 28.7 Å². The van der Waals surface area contributed by atoms with Gasteiger partial charge in [-0.05, 0) is 24.3 Å². The highest BCUT2D eigenvalue weighted by atomic mass is 32.2. The Balaban J connectivity index is 2.14. The molecule has 0 aliphatic rings. The average molecular weight is 336 g/mol. The van der Waals surface area contributed by atoms with Crippen LogP contribution in [-0.2, 0) is 20.4 Å². The molecule has 0 unspecified atom stereocenters. The molecule has 0 fully saturated rings. The van der Waals surface area contributed by atoms with Gasteiger partial charge in [0.2, 0.25) is 5.91 Å². The first-order chi connectivity index (χ1) is 10.8. The van der Waals surface area contributed by atoms with Gasteiger partial charge >= 0.3 is 0 Å². The van der Waals surface area contributed by atoms with E-state index in [0.717, 1.165) is 4.90 Å². The Morgan fingerprint density at radius 1 is 1.13 bits per heavy atom. The summed E-state index contributed by atoms with van der Waals surface area (Å²) in [6, 6.07) is 10.8. The molecule has 0 atom stereocenters. The number of rotatable bonds is 6. The molecule has 0 saturated heterocycles. The minimum Gasteiger partial charge on any atom is -0.455 e. The van der Waals surface area contributed by atoms with Gasteiger partial charge in [-0.2, -0.15) is 0 Å². The first-order valence-electron chi connectivity index (χ1n) is 6.70. The molecule has 0 radical (unpaired) electrons. The van der Waals surface area contributed by atoms with Crippen LogP contribution in [0.25, 0.3) is 0 Å². The quantitative estimate of drug-likeness (QED) is 0.839. The van der Waals surface area contributed by atoms with Crippen molar-refractivity contribution in [3.05, 3.63) is 54.0 Å². The van der Waals surface area contributed by atoms with Crippen molar-refractivity contribution in [1.82, 2.24) is 4.90 Å². The van der Waals surface area contributed by atoms with Crippen LogP contribution >= 0.6 is 0 Å². The molecule has 23 heavy (non-hydrogen) atoms. The van der Waals surface area contributed by atoms with Gasteiger partial charge in [0, 0.05) is 7.05 Å². The van der Waals surface area contributed by atoms with E-state index >= 15 is 0 Å². The second-order valence-corrected chi connectivity index (χ2v) is 6.96. The fourth-order valence-corrected chi connectivity index (χ4v) is 3.23. The maximum Gasteiger partial charge on any atom is 0.289 e. The van der Waals surface area contributed by atoms with Crippen LogP contribution in [0, 0.1) is 0 Å². The van der Waals surface area contributed by atoms with Gasteiger partial charge in [-0.25, -0.2) is 8.42 Å². The number of primary amides is 1. The third-order valence-corrected chi connectivity index (χ3v) is 4.70. The monoisotopic (exact) mass is 336 g/mol. The summed E-state index contributed by atoms with van der Waals surface area (Å²) in [5.74, 6) is -1.47. The highest BCUT2D eigenvalue weighted by Crippen LogP contribution is 2.18. The number of hydrogen-bond donors (Lipinski definition) is 1. The van der Waals surface area contributed by atoms with Crippen molar-refractivity contribution in [2.45, 2.75) is 10.6 Å². The van der Waals surface area contributed by atoms with E-state index < -0.39 is 21.7 Å². The maximum absolute atomic E-state index is 12.2. The number of nitrogens with zero attached hydrogens (tertiary/aromatic N) is 1. The molecule has 7 nitrogen and oxygen atoms in total. The van der Waals surface area contributed by atoms with Crippen molar-refractivity contribution in [2.24, 2.45) is 5.73 Å². The fourth-order valence-electron chi connectivity index (χ4n) is 1.96. The molecule has 2 aromatic rings. The summed E-state index contributed by atoms with van der Waals surface area (Å²) in [6.07, 6.45) is 0. The Labute approximate surface area is 133 Å². The zero-order chi connectivity index (χ0) is 17.0. The minimum absolute atomic E-state index is 0.0491. The molecule has 2 N–H and O–H groups in total. The second-order valence-electron chi connectivity index (χ2n) is 4.97. The van der Waals surface area contributed by atoms with Gasteiger partial charge < -0.3 is 15.1 Å². The molecule has 1 aromatic carbocycles. The summed E-state index contributed by atoms with van der Waals surface area (Å²) in [6.45, 7) is -0.253. The lowest BCUT2D eigenvalue weighted by atomic mass is 10.4. The topological polar surface area (TPSA) is 111 Å². The summed E-state index contributed by atoms with van der Waals surface area (Å²) in [5, 5.41) is 0. The van der Waals surface area contributed by atoms with Crippen LogP contribution in [0.2, 0.25) is 0 Å².